The summed E-state index contributed by atoms with van der Waals surface area (Å²) in [6.07, 6.45) is 7.91. The van der Waals surface area contributed by atoms with E-state index in [0.717, 1.165) is 19.3 Å². The number of esters is 1. The van der Waals surface area contributed by atoms with Crippen LogP contribution >= 0.6 is 0 Å². The van der Waals surface area contributed by atoms with Crippen LogP contribution < -0.4 is 16.6 Å². The van der Waals surface area contributed by atoms with Crippen molar-refractivity contribution in [1.29, 1.82) is 0 Å². The Morgan fingerprint density at radius 2 is 1.86 bits per heavy atom. The van der Waals surface area contributed by atoms with Crippen molar-refractivity contribution in [2.75, 3.05) is 7.11 Å². The summed E-state index contributed by atoms with van der Waals surface area (Å²) in [5, 5.41) is 2.62. The summed E-state index contributed by atoms with van der Waals surface area (Å²) in [6, 6.07) is 1.49. The van der Waals surface area contributed by atoms with E-state index in [-0.39, 0.29) is 36.5 Å². The Bertz CT molecular complexity index is 947. The van der Waals surface area contributed by atoms with Gasteiger partial charge in [0.05, 0.1) is 25.7 Å². The summed E-state index contributed by atoms with van der Waals surface area (Å²) in [5.41, 5.74) is 5.46. The van der Waals surface area contributed by atoms with Gasteiger partial charge in [-0.15, -0.1) is 0 Å². The highest BCUT2D eigenvalue weighted by molar-refractivity contribution is 5.91. The fourth-order valence-electron chi connectivity index (χ4n) is 3.61. The van der Waals surface area contributed by atoms with Gasteiger partial charge in [-0.2, -0.15) is 0 Å². The molecule has 1 heterocycles. The number of rotatable bonds is 16. The van der Waals surface area contributed by atoms with Gasteiger partial charge >= 0.3 is 5.97 Å². The number of hydrogen-bond acceptors (Lipinski definition) is 7. The van der Waals surface area contributed by atoms with Crippen LogP contribution in [0, 0.1) is 5.92 Å². The molecular weight excluding hydrogens is 450 g/mol. The lowest BCUT2D eigenvalue weighted by Gasteiger charge is -2.18. The second-order valence-electron chi connectivity index (χ2n) is 8.72. The second kappa shape index (κ2) is 15.8. The minimum Gasteiger partial charge on any atom is -0.466 e. The van der Waals surface area contributed by atoms with Crippen molar-refractivity contribution in [3.05, 3.63) is 46.4 Å². The first-order valence-corrected chi connectivity index (χ1v) is 12.2. The third kappa shape index (κ3) is 10.8. The fraction of sp³-hybridized carbons (Fsp3) is 0.577. The Kier molecular flexibility index (Phi) is 13.5. The molecule has 0 spiro atoms. The predicted octanol–water partition coefficient (Wildman–Crippen LogP) is 2.09. The zero-order valence-corrected chi connectivity index (χ0v) is 21.2. The molecule has 3 N–H and O–H groups in total. The van der Waals surface area contributed by atoms with Crippen LogP contribution in [0.25, 0.3) is 0 Å². The third-order valence-corrected chi connectivity index (χ3v) is 5.99. The lowest BCUT2D eigenvalue weighted by atomic mass is 9.96. The molecule has 35 heavy (non-hydrogen) atoms. The normalized spacial score (nSPS) is 13.0. The summed E-state index contributed by atoms with van der Waals surface area (Å²) in [6.45, 7) is 5.67. The lowest BCUT2D eigenvalue weighted by molar-refractivity contribution is -0.134. The number of ketones is 2. The molecule has 194 valence electrons. The van der Waals surface area contributed by atoms with Crippen molar-refractivity contribution >= 4 is 23.4 Å². The number of pyridine rings is 1. The highest BCUT2D eigenvalue weighted by atomic mass is 16.5. The van der Waals surface area contributed by atoms with Crippen LogP contribution in [0.5, 0.6) is 0 Å². The van der Waals surface area contributed by atoms with Crippen LogP contribution in [0.1, 0.15) is 64.9 Å². The average Bonchev–Trinajstić information content (AvgIpc) is 2.83. The first-order valence-electron chi connectivity index (χ1n) is 12.2. The molecule has 0 aromatic carbocycles. The van der Waals surface area contributed by atoms with E-state index in [4.69, 9.17) is 5.73 Å². The summed E-state index contributed by atoms with van der Waals surface area (Å²) in [4.78, 5) is 61.7. The maximum Gasteiger partial charge on any atom is 0.330 e. The van der Waals surface area contributed by atoms with Gasteiger partial charge in [0, 0.05) is 30.7 Å². The Labute approximate surface area is 207 Å². The van der Waals surface area contributed by atoms with Crippen LogP contribution in [0.3, 0.4) is 0 Å². The molecule has 0 aliphatic rings. The largest absolute Gasteiger partial charge is 0.466 e. The topological polar surface area (TPSA) is 138 Å². The number of nitrogens with two attached hydrogens (primary N) is 1. The van der Waals surface area contributed by atoms with Crippen LogP contribution in [0.2, 0.25) is 0 Å². The standard InChI is InChI=1S/C26H39N3O6/c1-5-19(6-2)13-14-21(30)17-29-15-9-10-20(26(29)34)16-23(31)22(28-25(33)18(3)27)11-7-8-12-24(32)35-4/h8-10,12,15,18-19,22H,5-7,11,13-14,16-17,27H2,1-4H3,(H,28,33)/b12-8+/t18?,22-/m0/s1. The van der Waals surface area contributed by atoms with E-state index in [9.17, 15) is 24.0 Å². The van der Waals surface area contributed by atoms with Crippen LogP contribution in [0.15, 0.2) is 35.3 Å². The number of Topliss-reactive ketones (excluding diaryl/α,β-unsaturated/α-hetero) is 2. The molecule has 0 aliphatic heterocycles. The number of carbonyl (C=O) groups is 4. The summed E-state index contributed by atoms with van der Waals surface area (Å²) in [5.74, 6) is -0.909. The molecule has 0 saturated carbocycles. The third-order valence-electron chi connectivity index (χ3n) is 5.99. The van der Waals surface area contributed by atoms with Crippen molar-refractivity contribution < 1.29 is 23.9 Å². The van der Waals surface area contributed by atoms with Gasteiger partial charge in [-0.25, -0.2) is 4.79 Å². The van der Waals surface area contributed by atoms with E-state index in [1.54, 1.807) is 18.2 Å². The number of nitrogens with one attached hydrogen (secondary N) is 1. The molecule has 1 aromatic rings. The highest BCUT2D eigenvalue weighted by Gasteiger charge is 2.23. The minimum atomic E-state index is -0.884. The van der Waals surface area contributed by atoms with Crippen molar-refractivity contribution in [2.45, 2.75) is 84.3 Å². The number of ether oxygens (including phenoxy) is 1. The second-order valence-corrected chi connectivity index (χ2v) is 8.72. The van der Waals surface area contributed by atoms with Crippen molar-refractivity contribution in [3.63, 3.8) is 0 Å². The van der Waals surface area contributed by atoms with Gasteiger partial charge < -0.3 is 20.4 Å². The Morgan fingerprint density at radius 1 is 1.17 bits per heavy atom. The van der Waals surface area contributed by atoms with Gasteiger partial charge in [0.2, 0.25) is 5.91 Å². The maximum atomic E-state index is 13.0. The summed E-state index contributed by atoms with van der Waals surface area (Å²) >= 11 is 0. The molecule has 0 bridgehead atoms. The SMILES string of the molecule is CCC(CC)CCC(=O)Cn1cccc(CC(=O)[C@H](CC/C=C/C(=O)OC)NC(=O)C(C)N)c1=O. The molecule has 9 heteroatoms. The van der Waals surface area contributed by atoms with Gasteiger partial charge in [-0.3, -0.25) is 19.2 Å². The molecule has 2 atom stereocenters. The highest BCUT2D eigenvalue weighted by Crippen LogP contribution is 2.15. The van der Waals surface area contributed by atoms with Gasteiger partial charge in [0.25, 0.3) is 5.56 Å². The van der Waals surface area contributed by atoms with Gasteiger partial charge in [0.15, 0.2) is 11.6 Å². The van der Waals surface area contributed by atoms with E-state index >= 15 is 0 Å². The van der Waals surface area contributed by atoms with E-state index in [2.05, 4.69) is 23.9 Å². The Morgan fingerprint density at radius 3 is 2.46 bits per heavy atom. The molecule has 0 fully saturated rings. The number of carbonyl (C=O) groups excluding carboxylic acids is 4. The number of amides is 1. The molecule has 0 aliphatic carbocycles. The molecule has 1 unspecified atom stereocenters. The van der Waals surface area contributed by atoms with Crippen molar-refractivity contribution in [3.8, 4) is 0 Å². The molecule has 0 radical (unpaired) electrons. The van der Waals surface area contributed by atoms with Crippen LogP contribution in [0.4, 0.5) is 0 Å². The molecule has 1 amide bonds. The molecular formula is C26H39N3O6. The zero-order valence-electron chi connectivity index (χ0n) is 21.2. The number of methoxy groups -OCH3 is 1. The Balaban J connectivity index is 2.91. The van der Waals surface area contributed by atoms with Gasteiger partial charge in [-0.1, -0.05) is 38.8 Å². The molecule has 9 nitrogen and oxygen atoms in total. The monoisotopic (exact) mass is 489 g/mol. The predicted molar refractivity (Wildman–Crippen MR) is 134 cm³/mol. The van der Waals surface area contributed by atoms with Gasteiger partial charge in [0.1, 0.15) is 0 Å². The van der Waals surface area contributed by atoms with Crippen molar-refractivity contribution in [2.24, 2.45) is 11.7 Å². The van der Waals surface area contributed by atoms with Crippen molar-refractivity contribution in [1.82, 2.24) is 9.88 Å². The van der Waals surface area contributed by atoms with Crippen LogP contribution in [-0.4, -0.2) is 47.2 Å². The van der Waals surface area contributed by atoms with E-state index < -0.39 is 29.5 Å². The average molecular weight is 490 g/mol. The first kappa shape index (κ1) is 30.0. The van der Waals surface area contributed by atoms with Gasteiger partial charge in [-0.05, 0) is 38.2 Å². The number of nitrogens with zero attached hydrogens (tertiary/aromatic N) is 1. The lowest BCUT2D eigenvalue weighted by Crippen LogP contribution is -2.48. The molecule has 1 rings (SSSR count). The van der Waals surface area contributed by atoms with E-state index in [0.29, 0.717) is 18.8 Å². The van der Waals surface area contributed by atoms with E-state index in [1.807, 2.05) is 0 Å². The summed E-state index contributed by atoms with van der Waals surface area (Å²) < 4.78 is 5.86. The smallest absolute Gasteiger partial charge is 0.330 e. The number of allylic oxidation sites excluding steroid dienone is 1. The number of aromatic nitrogens is 1. The maximum absolute atomic E-state index is 13.0. The Hall–Kier alpha value is -3.07. The number of hydrogen-bond donors (Lipinski definition) is 2. The zero-order chi connectivity index (χ0) is 26.4. The minimum absolute atomic E-state index is 0.0260. The first-order chi connectivity index (χ1) is 16.6. The fourth-order valence-corrected chi connectivity index (χ4v) is 3.61. The van der Waals surface area contributed by atoms with Crippen LogP contribution in [-0.2, 0) is 36.9 Å². The van der Waals surface area contributed by atoms with E-state index in [1.165, 1.54) is 30.9 Å². The quantitative estimate of drug-likeness (QED) is 0.268. The molecule has 1 aromatic heterocycles. The molecule has 0 saturated heterocycles. The summed E-state index contributed by atoms with van der Waals surface area (Å²) in [7, 11) is 1.26.